The third kappa shape index (κ3) is 3.85. The Labute approximate surface area is 97.9 Å². The minimum atomic E-state index is -0.302. The number of rotatable bonds is 3. The van der Waals surface area contributed by atoms with E-state index < -0.39 is 0 Å². The fourth-order valence-electron chi connectivity index (χ4n) is 0.908. The summed E-state index contributed by atoms with van der Waals surface area (Å²) >= 11 is 11.5. The Balaban J connectivity index is 2.51. The SMILES string of the molecule is CCNC(=O)NNc1ccc(Cl)c(Cl)c1. The Morgan fingerprint density at radius 3 is 2.67 bits per heavy atom. The van der Waals surface area contributed by atoms with Gasteiger partial charge in [0, 0.05) is 6.54 Å². The standard InChI is InChI=1S/C9H11Cl2N3O/c1-2-12-9(15)14-13-6-3-4-7(10)8(11)5-6/h3-5,13H,2H2,1H3,(H2,12,14,15). The normalized spacial score (nSPS) is 9.53. The van der Waals surface area contributed by atoms with E-state index in [0.29, 0.717) is 22.3 Å². The van der Waals surface area contributed by atoms with Gasteiger partial charge in [-0.1, -0.05) is 23.2 Å². The van der Waals surface area contributed by atoms with Gasteiger partial charge in [-0.2, -0.15) is 0 Å². The first kappa shape index (κ1) is 11.9. The zero-order chi connectivity index (χ0) is 11.3. The van der Waals surface area contributed by atoms with E-state index in [1.54, 1.807) is 18.2 Å². The second kappa shape index (κ2) is 5.68. The number of hydrogen-bond acceptors (Lipinski definition) is 2. The maximum atomic E-state index is 11.0. The van der Waals surface area contributed by atoms with Crippen molar-refractivity contribution < 1.29 is 4.79 Å². The molecule has 0 atom stereocenters. The highest BCUT2D eigenvalue weighted by molar-refractivity contribution is 6.42. The van der Waals surface area contributed by atoms with E-state index in [4.69, 9.17) is 23.2 Å². The van der Waals surface area contributed by atoms with Gasteiger partial charge in [0.05, 0.1) is 15.7 Å². The minimum Gasteiger partial charge on any atom is -0.337 e. The molecule has 0 fully saturated rings. The molecule has 2 amide bonds. The average Bonchev–Trinajstić information content (AvgIpc) is 2.20. The van der Waals surface area contributed by atoms with Crippen LogP contribution in [0.25, 0.3) is 0 Å². The fourth-order valence-corrected chi connectivity index (χ4v) is 1.21. The molecule has 4 nitrogen and oxygen atoms in total. The van der Waals surface area contributed by atoms with Crippen molar-refractivity contribution in [3.63, 3.8) is 0 Å². The van der Waals surface area contributed by atoms with Crippen LogP contribution in [0, 0.1) is 0 Å². The monoisotopic (exact) mass is 247 g/mol. The third-order valence-electron chi connectivity index (χ3n) is 1.58. The fraction of sp³-hybridized carbons (Fsp3) is 0.222. The van der Waals surface area contributed by atoms with Crippen molar-refractivity contribution in [1.82, 2.24) is 10.7 Å². The van der Waals surface area contributed by atoms with Crippen LogP contribution in [0.1, 0.15) is 6.92 Å². The maximum Gasteiger partial charge on any atom is 0.333 e. The van der Waals surface area contributed by atoms with Crippen LogP contribution >= 0.6 is 23.2 Å². The van der Waals surface area contributed by atoms with Crippen molar-refractivity contribution in [3.8, 4) is 0 Å². The van der Waals surface area contributed by atoms with Crippen LogP contribution in [0.3, 0.4) is 0 Å². The molecule has 1 aromatic rings. The summed E-state index contributed by atoms with van der Waals surface area (Å²) in [6.07, 6.45) is 0. The van der Waals surface area contributed by atoms with Crippen LogP contribution in [-0.2, 0) is 0 Å². The Kier molecular flexibility index (Phi) is 4.52. The molecular weight excluding hydrogens is 237 g/mol. The first-order valence-corrected chi connectivity index (χ1v) is 5.14. The molecule has 0 heterocycles. The number of nitrogens with one attached hydrogen (secondary N) is 3. The van der Waals surface area contributed by atoms with Gasteiger partial charge in [0.25, 0.3) is 0 Å². The number of halogens is 2. The number of amides is 2. The molecule has 6 heteroatoms. The largest absolute Gasteiger partial charge is 0.337 e. The first-order valence-electron chi connectivity index (χ1n) is 4.38. The van der Waals surface area contributed by atoms with Gasteiger partial charge in [0.1, 0.15) is 0 Å². The van der Waals surface area contributed by atoms with E-state index in [2.05, 4.69) is 16.2 Å². The molecule has 0 saturated heterocycles. The summed E-state index contributed by atoms with van der Waals surface area (Å²) in [7, 11) is 0. The van der Waals surface area contributed by atoms with E-state index in [9.17, 15) is 4.79 Å². The van der Waals surface area contributed by atoms with Gasteiger partial charge >= 0.3 is 6.03 Å². The molecule has 0 bridgehead atoms. The van der Waals surface area contributed by atoms with E-state index in [1.165, 1.54) is 0 Å². The van der Waals surface area contributed by atoms with Crippen molar-refractivity contribution in [2.45, 2.75) is 6.92 Å². The van der Waals surface area contributed by atoms with Gasteiger partial charge in [0.15, 0.2) is 0 Å². The second-order valence-corrected chi connectivity index (χ2v) is 3.55. The van der Waals surface area contributed by atoms with E-state index in [-0.39, 0.29) is 6.03 Å². The Hall–Kier alpha value is -1.13. The smallest absolute Gasteiger partial charge is 0.333 e. The molecule has 82 valence electrons. The highest BCUT2D eigenvalue weighted by atomic mass is 35.5. The van der Waals surface area contributed by atoms with Gasteiger partial charge in [-0.05, 0) is 25.1 Å². The molecule has 1 aromatic carbocycles. The van der Waals surface area contributed by atoms with Gasteiger partial charge < -0.3 is 5.32 Å². The van der Waals surface area contributed by atoms with E-state index in [1.807, 2.05) is 6.92 Å². The molecule has 0 radical (unpaired) electrons. The Morgan fingerprint density at radius 1 is 1.33 bits per heavy atom. The van der Waals surface area contributed by atoms with Crippen LogP contribution in [0.15, 0.2) is 18.2 Å². The lowest BCUT2D eigenvalue weighted by molar-refractivity contribution is 0.243. The molecular formula is C9H11Cl2N3O. The zero-order valence-corrected chi connectivity index (χ0v) is 9.62. The molecule has 3 N–H and O–H groups in total. The molecule has 0 aliphatic carbocycles. The number of benzene rings is 1. The molecule has 0 unspecified atom stereocenters. The molecule has 0 aromatic heterocycles. The second-order valence-electron chi connectivity index (χ2n) is 2.74. The predicted molar refractivity (Wildman–Crippen MR) is 62.3 cm³/mol. The summed E-state index contributed by atoms with van der Waals surface area (Å²) in [6, 6.07) is 4.67. The Bertz CT molecular complexity index is 357. The van der Waals surface area contributed by atoms with Crippen LogP contribution in [-0.4, -0.2) is 12.6 Å². The van der Waals surface area contributed by atoms with Crippen molar-refractivity contribution in [2.75, 3.05) is 12.0 Å². The predicted octanol–water partition coefficient (Wildman–Crippen LogP) is 2.64. The quantitative estimate of drug-likeness (QED) is 0.720. The van der Waals surface area contributed by atoms with Gasteiger partial charge in [-0.25, -0.2) is 4.79 Å². The van der Waals surface area contributed by atoms with Crippen LogP contribution in [0.5, 0.6) is 0 Å². The van der Waals surface area contributed by atoms with E-state index in [0.717, 1.165) is 0 Å². The summed E-state index contributed by atoms with van der Waals surface area (Å²) in [5.41, 5.74) is 5.80. The van der Waals surface area contributed by atoms with Gasteiger partial charge in [-0.15, -0.1) is 0 Å². The minimum absolute atomic E-state index is 0.302. The molecule has 0 aliphatic rings. The summed E-state index contributed by atoms with van der Waals surface area (Å²) in [5.74, 6) is 0. The van der Waals surface area contributed by atoms with E-state index >= 15 is 0 Å². The lowest BCUT2D eigenvalue weighted by Gasteiger charge is -2.09. The molecule has 15 heavy (non-hydrogen) atoms. The molecule has 0 spiro atoms. The number of anilines is 1. The first-order chi connectivity index (χ1) is 7.13. The number of hydrogen-bond donors (Lipinski definition) is 3. The highest BCUT2D eigenvalue weighted by Gasteiger charge is 2.00. The number of carbonyl (C=O) groups is 1. The van der Waals surface area contributed by atoms with Crippen molar-refractivity contribution in [2.24, 2.45) is 0 Å². The van der Waals surface area contributed by atoms with Crippen LogP contribution < -0.4 is 16.2 Å². The van der Waals surface area contributed by atoms with Gasteiger partial charge in [0.2, 0.25) is 0 Å². The summed E-state index contributed by atoms with van der Waals surface area (Å²) in [5, 5.41) is 3.47. The topological polar surface area (TPSA) is 53.2 Å². The number of urea groups is 1. The molecule has 0 aliphatic heterocycles. The summed E-state index contributed by atoms with van der Waals surface area (Å²) in [4.78, 5) is 11.0. The molecule has 1 rings (SSSR count). The van der Waals surface area contributed by atoms with Gasteiger partial charge in [-0.3, -0.25) is 10.9 Å². The zero-order valence-electron chi connectivity index (χ0n) is 8.10. The summed E-state index contributed by atoms with van der Waals surface area (Å²) < 4.78 is 0. The van der Waals surface area contributed by atoms with Crippen LogP contribution in [0.2, 0.25) is 10.0 Å². The van der Waals surface area contributed by atoms with Crippen molar-refractivity contribution in [1.29, 1.82) is 0 Å². The number of hydrazine groups is 1. The summed E-state index contributed by atoms with van der Waals surface area (Å²) in [6.45, 7) is 2.40. The average molecular weight is 248 g/mol. The lowest BCUT2D eigenvalue weighted by Crippen LogP contribution is -2.38. The molecule has 0 saturated carbocycles. The van der Waals surface area contributed by atoms with Crippen molar-refractivity contribution >= 4 is 34.9 Å². The lowest BCUT2D eigenvalue weighted by atomic mass is 10.3. The van der Waals surface area contributed by atoms with Crippen LogP contribution in [0.4, 0.5) is 10.5 Å². The highest BCUT2D eigenvalue weighted by Crippen LogP contribution is 2.24. The van der Waals surface area contributed by atoms with Crippen molar-refractivity contribution in [3.05, 3.63) is 28.2 Å². The number of carbonyl (C=O) groups excluding carboxylic acids is 1. The third-order valence-corrected chi connectivity index (χ3v) is 2.32. The Morgan fingerprint density at radius 2 is 2.07 bits per heavy atom. The maximum absolute atomic E-state index is 11.0.